The van der Waals surface area contributed by atoms with Crippen LogP contribution in [0.4, 0.5) is 10.5 Å². The van der Waals surface area contributed by atoms with Crippen LogP contribution in [0.5, 0.6) is 11.5 Å². The Hall–Kier alpha value is -2.77. The maximum Gasteiger partial charge on any atom is 0.325 e. The van der Waals surface area contributed by atoms with E-state index in [-0.39, 0.29) is 25.2 Å². The molecule has 8 nitrogen and oxygen atoms in total. The number of carbonyl (C=O) groups excluding carboxylic acids is 3. The molecular formula is C18H21N3O5. The number of nitrogens with zero attached hydrogens (tertiary/aromatic N) is 1. The lowest BCUT2D eigenvalue weighted by atomic mass is 9.73. The molecule has 2 aliphatic heterocycles. The molecule has 2 fully saturated rings. The lowest BCUT2D eigenvalue weighted by Crippen LogP contribution is -2.54. The number of hydrogen-bond donors (Lipinski definition) is 2. The Labute approximate surface area is 150 Å². The maximum absolute atomic E-state index is 12.9. The first-order valence-electron chi connectivity index (χ1n) is 8.83. The number of ether oxygens (including phenoxy) is 2. The van der Waals surface area contributed by atoms with Gasteiger partial charge in [-0.05, 0) is 30.9 Å². The van der Waals surface area contributed by atoms with E-state index in [1.54, 1.807) is 18.2 Å². The Bertz CT molecular complexity index is 780. The molecule has 138 valence electrons. The van der Waals surface area contributed by atoms with Crippen molar-refractivity contribution in [2.24, 2.45) is 5.92 Å². The molecule has 2 atom stereocenters. The van der Waals surface area contributed by atoms with E-state index in [1.807, 2.05) is 6.92 Å². The predicted octanol–water partition coefficient (Wildman–Crippen LogP) is 1.85. The quantitative estimate of drug-likeness (QED) is 0.803. The number of amides is 4. The number of fused-ring (bicyclic) bond motifs is 1. The molecule has 1 spiro atoms. The minimum absolute atomic E-state index is 0.0645. The number of hydrogen-bond acceptors (Lipinski definition) is 5. The van der Waals surface area contributed by atoms with Crippen molar-refractivity contribution in [3.8, 4) is 11.5 Å². The molecule has 0 radical (unpaired) electrons. The summed E-state index contributed by atoms with van der Waals surface area (Å²) in [6.07, 6.45) is 3.46. The standard InChI is InChI=1S/C18H21N3O5/c1-11-4-2-3-7-18(11)16(23)21(17(24)20-18)9-15(22)19-12-5-6-13-14(8-12)26-10-25-13/h5-6,8,11H,2-4,7,9-10H2,1H3,(H,19,22)(H,20,24)/t11-,18-/m0/s1. The van der Waals surface area contributed by atoms with E-state index in [0.717, 1.165) is 24.2 Å². The molecule has 3 aliphatic rings. The van der Waals surface area contributed by atoms with Gasteiger partial charge in [-0.3, -0.25) is 14.5 Å². The first kappa shape index (κ1) is 16.7. The summed E-state index contributed by atoms with van der Waals surface area (Å²) in [7, 11) is 0. The zero-order valence-corrected chi connectivity index (χ0v) is 14.5. The summed E-state index contributed by atoms with van der Waals surface area (Å²) in [5.74, 6) is 0.496. The fraction of sp³-hybridized carbons (Fsp3) is 0.500. The minimum Gasteiger partial charge on any atom is -0.454 e. The Morgan fingerprint density at radius 2 is 2.12 bits per heavy atom. The summed E-state index contributed by atoms with van der Waals surface area (Å²) in [4.78, 5) is 38.6. The van der Waals surface area contributed by atoms with Crippen molar-refractivity contribution in [3.63, 3.8) is 0 Å². The van der Waals surface area contributed by atoms with Gasteiger partial charge in [0.25, 0.3) is 5.91 Å². The Morgan fingerprint density at radius 3 is 2.92 bits per heavy atom. The van der Waals surface area contributed by atoms with Gasteiger partial charge in [-0.2, -0.15) is 0 Å². The van der Waals surface area contributed by atoms with Crippen LogP contribution >= 0.6 is 0 Å². The van der Waals surface area contributed by atoms with Gasteiger partial charge in [0.1, 0.15) is 12.1 Å². The second-order valence-electron chi connectivity index (χ2n) is 7.06. The minimum atomic E-state index is -0.853. The van der Waals surface area contributed by atoms with Crippen LogP contribution in [0.25, 0.3) is 0 Å². The van der Waals surface area contributed by atoms with Gasteiger partial charge in [0.2, 0.25) is 12.7 Å². The molecule has 1 aliphatic carbocycles. The summed E-state index contributed by atoms with van der Waals surface area (Å²) in [5.41, 5.74) is -0.332. The molecule has 1 aromatic carbocycles. The molecule has 0 aromatic heterocycles. The van der Waals surface area contributed by atoms with E-state index in [9.17, 15) is 14.4 Å². The second kappa shape index (κ2) is 6.19. The third kappa shape index (κ3) is 2.65. The van der Waals surface area contributed by atoms with E-state index in [2.05, 4.69) is 10.6 Å². The van der Waals surface area contributed by atoms with Gasteiger partial charge < -0.3 is 20.1 Å². The highest BCUT2D eigenvalue weighted by Gasteiger charge is 2.55. The summed E-state index contributed by atoms with van der Waals surface area (Å²) in [6, 6.07) is 4.54. The summed E-state index contributed by atoms with van der Waals surface area (Å²) in [5, 5.41) is 5.54. The fourth-order valence-electron chi connectivity index (χ4n) is 3.96. The van der Waals surface area contributed by atoms with Crippen molar-refractivity contribution in [1.82, 2.24) is 10.2 Å². The van der Waals surface area contributed by atoms with Crippen LogP contribution in [0.2, 0.25) is 0 Å². The lowest BCUT2D eigenvalue weighted by Gasteiger charge is -2.36. The molecule has 0 unspecified atom stereocenters. The fourth-order valence-corrected chi connectivity index (χ4v) is 3.96. The van der Waals surface area contributed by atoms with Crippen LogP contribution in [0.15, 0.2) is 18.2 Å². The van der Waals surface area contributed by atoms with Crippen molar-refractivity contribution < 1.29 is 23.9 Å². The molecule has 2 heterocycles. The van der Waals surface area contributed by atoms with Gasteiger partial charge in [0.05, 0.1) is 0 Å². The van der Waals surface area contributed by atoms with Gasteiger partial charge in [0.15, 0.2) is 11.5 Å². The zero-order chi connectivity index (χ0) is 18.3. The van der Waals surface area contributed by atoms with Gasteiger partial charge >= 0.3 is 6.03 Å². The Kier molecular flexibility index (Phi) is 3.97. The van der Waals surface area contributed by atoms with Gasteiger partial charge in [-0.15, -0.1) is 0 Å². The lowest BCUT2D eigenvalue weighted by molar-refractivity contribution is -0.136. The molecule has 1 saturated heterocycles. The van der Waals surface area contributed by atoms with E-state index >= 15 is 0 Å². The summed E-state index contributed by atoms with van der Waals surface area (Å²) in [6.45, 7) is 1.82. The molecule has 26 heavy (non-hydrogen) atoms. The molecule has 4 rings (SSSR count). The van der Waals surface area contributed by atoms with E-state index < -0.39 is 17.5 Å². The maximum atomic E-state index is 12.9. The highest BCUT2D eigenvalue weighted by Crippen LogP contribution is 2.38. The van der Waals surface area contributed by atoms with E-state index in [4.69, 9.17) is 9.47 Å². The average Bonchev–Trinajstić information content (AvgIpc) is 3.16. The van der Waals surface area contributed by atoms with Crippen LogP contribution in [-0.4, -0.2) is 41.6 Å². The van der Waals surface area contributed by atoms with Gasteiger partial charge in [-0.1, -0.05) is 19.8 Å². The summed E-state index contributed by atoms with van der Waals surface area (Å²) >= 11 is 0. The highest BCUT2D eigenvalue weighted by molar-refractivity contribution is 6.10. The number of carbonyl (C=O) groups is 3. The molecular weight excluding hydrogens is 338 g/mol. The van der Waals surface area contributed by atoms with E-state index in [1.165, 1.54) is 0 Å². The van der Waals surface area contributed by atoms with Crippen LogP contribution in [0.3, 0.4) is 0 Å². The topological polar surface area (TPSA) is 97.0 Å². The normalized spacial score (nSPS) is 27.0. The van der Waals surface area contributed by atoms with Crippen LogP contribution < -0.4 is 20.1 Å². The third-order valence-electron chi connectivity index (χ3n) is 5.46. The zero-order valence-electron chi connectivity index (χ0n) is 14.5. The number of anilines is 1. The monoisotopic (exact) mass is 359 g/mol. The molecule has 1 aromatic rings. The van der Waals surface area contributed by atoms with Gasteiger partial charge in [-0.25, -0.2) is 4.79 Å². The Morgan fingerprint density at radius 1 is 1.31 bits per heavy atom. The highest BCUT2D eigenvalue weighted by atomic mass is 16.7. The molecule has 0 bridgehead atoms. The second-order valence-corrected chi connectivity index (χ2v) is 7.06. The van der Waals surface area contributed by atoms with Gasteiger partial charge in [0, 0.05) is 11.8 Å². The van der Waals surface area contributed by atoms with E-state index in [0.29, 0.717) is 23.6 Å². The predicted molar refractivity (Wildman–Crippen MR) is 91.8 cm³/mol. The van der Waals surface area contributed by atoms with Crippen molar-refractivity contribution in [3.05, 3.63) is 18.2 Å². The largest absolute Gasteiger partial charge is 0.454 e. The first-order valence-corrected chi connectivity index (χ1v) is 8.83. The van der Waals surface area contributed by atoms with Crippen LogP contribution in [0.1, 0.15) is 32.6 Å². The first-order chi connectivity index (χ1) is 12.5. The number of urea groups is 1. The van der Waals surface area contributed by atoms with Crippen molar-refractivity contribution >= 4 is 23.5 Å². The number of rotatable bonds is 3. The Balaban J connectivity index is 1.44. The molecule has 8 heteroatoms. The number of imide groups is 1. The van der Waals surface area contributed by atoms with Crippen LogP contribution in [-0.2, 0) is 9.59 Å². The summed E-state index contributed by atoms with van der Waals surface area (Å²) < 4.78 is 10.5. The smallest absolute Gasteiger partial charge is 0.325 e. The molecule has 1 saturated carbocycles. The van der Waals surface area contributed by atoms with Crippen molar-refractivity contribution in [2.45, 2.75) is 38.1 Å². The molecule has 2 N–H and O–H groups in total. The third-order valence-corrected chi connectivity index (χ3v) is 5.46. The van der Waals surface area contributed by atoms with Crippen molar-refractivity contribution in [1.29, 1.82) is 0 Å². The van der Waals surface area contributed by atoms with Crippen LogP contribution in [0, 0.1) is 5.92 Å². The number of nitrogens with one attached hydrogen (secondary N) is 2. The SMILES string of the molecule is C[C@H]1CCCC[C@]12NC(=O)N(CC(=O)Nc1ccc3c(c1)OCO3)C2=O. The molecule has 4 amide bonds. The van der Waals surface area contributed by atoms with Crippen molar-refractivity contribution in [2.75, 3.05) is 18.7 Å². The number of benzene rings is 1. The average molecular weight is 359 g/mol.